The summed E-state index contributed by atoms with van der Waals surface area (Å²) in [4.78, 5) is 30.7. The number of anilines is 1. The second-order valence-corrected chi connectivity index (χ2v) is 8.34. The predicted octanol–water partition coefficient (Wildman–Crippen LogP) is 4.37. The minimum atomic E-state index is -0.382. The monoisotopic (exact) mass is 440 g/mol. The van der Waals surface area contributed by atoms with Crippen molar-refractivity contribution < 1.29 is 19.1 Å². The van der Waals surface area contributed by atoms with E-state index in [1.807, 2.05) is 4.90 Å². The second kappa shape index (κ2) is 8.63. The lowest BCUT2D eigenvalue weighted by Crippen LogP contribution is -2.39. The Morgan fingerprint density at radius 2 is 1.74 bits per heavy atom. The Labute approximate surface area is 187 Å². The van der Waals surface area contributed by atoms with Gasteiger partial charge in [-0.3, -0.25) is 9.59 Å². The normalized spacial score (nSPS) is 19.3. The van der Waals surface area contributed by atoms with Gasteiger partial charge in [0.05, 0.1) is 25.5 Å². The maximum atomic E-state index is 13.7. The van der Waals surface area contributed by atoms with Crippen molar-refractivity contribution in [2.24, 2.45) is 5.92 Å². The van der Waals surface area contributed by atoms with Crippen LogP contribution in [0.25, 0.3) is 5.57 Å². The lowest BCUT2D eigenvalue weighted by Gasteiger charge is -2.33. The molecule has 2 aromatic rings. The van der Waals surface area contributed by atoms with E-state index in [-0.39, 0.29) is 11.8 Å². The zero-order chi connectivity index (χ0) is 22.1. The largest absolute Gasteiger partial charge is 0.497 e. The van der Waals surface area contributed by atoms with E-state index in [2.05, 4.69) is 6.92 Å². The number of piperidine rings is 1. The first-order valence-corrected chi connectivity index (χ1v) is 10.7. The van der Waals surface area contributed by atoms with Gasteiger partial charge in [0.2, 0.25) is 0 Å². The molecule has 1 atom stereocenters. The molecular formula is C24H25ClN2O4. The number of methoxy groups -OCH3 is 2. The number of carbonyl (C=O) groups is 2. The molecule has 0 saturated carbocycles. The third-order valence-corrected chi connectivity index (χ3v) is 6.04. The first-order valence-electron chi connectivity index (χ1n) is 10.3. The highest BCUT2D eigenvalue weighted by Gasteiger charge is 2.44. The van der Waals surface area contributed by atoms with Crippen LogP contribution in [-0.4, -0.2) is 44.0 Å². The number of hydrogen-bond donors (Lipinski definition) is 0. The van der Waals surface area contributed by atoms with Gasteiger partial charge in [0, 0.05) is 24.2 Å². The number of ether oxygens (including phenoxy) is 2. The van der Waals surface area contributed by atoms with Gasteiger partial charge in [0.1, 0.15) is 17.2 Å². The average molecular weight is 441 g/mol. The average Bonchev–Trinajstić information content (AvgIpc) is 3.03. The van der Waals surface area contributed by atoms with Crippen LogP contribution in [0.15, 0.2) is 48.2 Å². The molecule has 2 heterocycles. The number of nitrogens with zero attached hydrogens (tertiary/aromatic N) is 2. The van der Waals surface area contributed by atoms with Crippen LogP contribution in [0.2, 0.25) is 5.02 Å². The maximum Gasteiger partial charge on any atom is 0.282 e. The molecule has 162 valence electrons. The smallest absolute Gasteiger partial charge is 0.282 e. The SMILES string of the molecule is COc1ccc(OC)c(N2C(=O)C(c3ccc(Cl)cc3)=C(N3CCCC(C)C3)C2=O)c1. The number of halogens is 1. The number of benzene rings is 2. The highest BCUT2D eigenvalue weighted by atomic mass is 35.5. The van der Waals surface area contributed by atoms with Crippen molar-refractivity contribution >= 4 is 34.7 Å². The van der Waals surface area contributed by atoms with Crippen LogP contribution >= 0.6 is 11.6 Å². The van der Waals surface area contributed by atoms with Gasteiger partial charge in [-0.15, -0.1) is 0 Å². The van der Waals surface area contributed by atoms with E-state index in [1.54, 1.807) is 42.5 Å². The first kappa shape index (κ1) is 21.2. The van der Waals surface area contributed by atoms with Crippen molar-refractivity contribution in [2.75, 3.05) is 32.2 Å². The number of hydrogen-bond acceptors (Lipinski definition) is 5. The first-order chi connectivity index (χ1) is 14.9. The topological polar surface area (TPSA) is 59.1 Å². The number of rotatable bonds is 5. The molecule has 2 aromatic carbocycles. The Morgan fingerprint density at radius 1 is 1.00 bits per heavy atom. The lowest BCUT2D eigenvalue weighted by molar-refractivity contribution is -0.120. The van der Waals surface area contributed by atoms with Crippen molar-refractivity contribution in [2.45, 2.75) is 19.8 Å². The number of amides is 2. The van der Waals surface area contributed by atoms with E-state index in [4.69, 9.17) is 21.1 Å². The van der Waals surface area contributed by atoms with Crippen LogP contribution in [0.5, 0.6) is 11.5 Å². The fourth-order valence-electron chi connectivity index (χ4n) is 4.27. The van der Waals surface area contributed by atoms with E-state index in [9.17, 15) is 9.59 Å². The summed E-state index contributed by atoms with van der Waals surface area (Å²) < 4.78 is 10.8. The molecular weight excluding hydrogens is 416 g/mol. The van der Waals surface area contributed by atoms with E-state index in [0.29, 0.717) is 45.0 Å². The molecule has 0 bridgehead atoms. The van der Waals surface area contributed by atoms with Crippen molar-refractivity contribution in [3.8, 4) is 11.5 Å². The summed E-state index contributed by atoms with van der Waals surface area (Å²) in [6.07, 6.45) is 2.08. The minimum Gasteiger partial charge on any atom is -0.497 e. The summed E-state index contributed by atoms with van der Waals surface area (Å²) in [5.41, 5.74) is 1.85. The van der Waals surface area contributed by atoms with Gasteiger partial charge in [0.15, 0.2) is 0 Å². The molecule has 6 nitrogen and oxygen atoms in total. The van der Waals surface area contributed by atoms with E-state index < -0.39 is 0 Å². The van der Waals surface area contributed by atoms with Gasteiger partial charge in [-0.25, -0.2) is 4.90 Å². The van der Waals surface area contributed by atoms with Crippen molar-refractivity contribution in [3.05, 3.63) is 58.7 Å². The van der Waals surface area contributed by atoms with E-state index in [1.165, 1.54) is 19.1 Å². The van der Waals surface area contributed by atoms with Gasteiger partial charge in [-0.1, -0.05) is 30.7 Å². The molecule has 0 radical (unpaired) electrons. The predicted molar refractivity (Wildman–Crippen MR) is 120 cm³/mol. The summed E-state index contributed by atoms with van der Waals surface area (Å²) in [5, 5.41) is 0.570. The van der Waals surface area contributed by atoms with Gasteiger partial charge < -0.3 is 14.4 Å². The van der Waals surface area contributed by atoms with Crippen molar-refractivity contribution in [1.82, 2.24) is 4.90 Å². The lowest BCUT2D eigenvalue weighted by atomic mass is 9.98. The summed E-state index contributed by atoms with van der Waals surface area (Å²) >= 11 is 6.07. The molecule has 0 aliphatic carbocycles. The number of imide groups is 1. The summed E-state index contributed by atoms with van der Waals surface area (Å²) in [7, 11) is 3.05. The van der Waals surface area contributed by atoms with Crippen LogP contribution in [0.3, 0.4) is 0 Å². The highest BCUT2D eigenvalue weighted by molar-refractivity contribution is 6.45. The van der Waals surface area contributed by atoms with Crippen LogP contribution < -0.4 is 14.4 Å². The summed E-state index contributed by atoms with van der Waals surface area (Å²) in [6.45, 7) is 3.63. The van der Waals surface area contributed by atoms with Crippen molar-refractivity contribution in [3.63, 3.8) is 0 Å². The number of likely N-dealkylation sites (tertiary alicyclic amines) is 1. The molecule has 1 unspecified atom stereocenters. The minimum absolute atomic E-state index is 0.351. The van der Waals surface area contributed by atoms with Gasteiger partial charge >= 0.3 is 0 Å². The van der Waals surface area contributed by atoms with Crippen LogP contribution in [0.4, 0.5) is 5.69 Å². The molecule has 2 amide bonds. The summed E-state index contributed by atoms with van der Waals surface area (Å²) in [5.74, 6) is 0.662. The van der Waals surface area contributed by atoms with E-state index >= 15 is 0 Å². The standard InChI is InChI=1S/C24H25ClN2O4/c1-15-5-4-12-26(14-15)22-21(16-6-8-17(25)9-7-16)23(28)27(24(22)29)19-13-18(30-2)10-11-20(19)31-3/h6-11,13,15H,4-5,12,14H2,1-3H3. The number of carbonyl (C=O) groups excluding carboxylic acids is 2. The fraction of sp³-hybridized carbons (Fsp3) is 0.333. The molecule has 0 N–H and O–H groups in total. The third kappa shape index (κ3) is 3.88. The maximum absolute atomic E-state index is 13.7. The van der Waals surface area contributed by atoms with Crippen LogP contribution in [-0.2, 0) is 9.59 Å². The zero-order valence-corrected chi connectivity index (χ0v) is 18.6. The Morgan fingerprint density at radius 3 is 2.39 bits per heavy atom. The Bertz CT molecular complexity index is 1050. The molecule has 7 heteroatoms. The van der Waals surface area contributed by atoms with Crippen LogP contribution in [0, 0.1) is 5.92 Å². The molecule has 4 rings (SSSR count). The third-order valence-electron chi connectivity index (χ3n) is 5.79. The van der Waals surface area contributed by atoms with Gasteiger partial charge in [-0.05, 0) is 48.6 Å². The van der Waals surface area contributed by atoms with Crippen molar-refractivity contribution in [1.29, 1.82) is 0 Å². The Balaban J connectivity index is 1.86. The zero-order valence-electron chi connectivity index (χ0n) is 17.9. The Hall–Kier alpha value is -2.99. The van der Waals surface area contributed by atoms with E-state index in [0.717, 1.165) is 25.9 Å². The second-order valence-electron chi connectivity index (χ2n) is 7.91. The molecule has 0 spiro atoms. The van der Waals surface area contributed by atoms with Gasteiger partial charge in [0.25, 0.3) is 11.8 Å². The molecule has 2 aliphatic heterocycles. The van der Waals surface area contributed by atoms with Gasteiger partial charge in [-0.2, -0.15) is 0 Å². The fourth-order valence-corrected chi connectivity index (χ4v) is 4.40. The molecule has 1 fully saturated rings. The molecule has 1 saturated heterocycles. The molecule has 2 aliphatic rings. The highest BCUT2D eigenvalue weighted by Crippen LogP contribution is 2.41. The quantitative estimate of drug-likeness (QED) is 0.646. The molecule has 31 heavy (non-hydrogen) atoms. The Kier molecular flexibility index (Phi) is 5.92. The molecule has 0 aromatic heterocycles. The van der Waals surface area contributed by atoms with Crippen LogP contribution in [0.1, 0.15) is 25.3 Å². The summed E-state index contributed by atoms with van der Waals surface area (Å²) in [6, 6.07) is 12.1.